The Kier molecular flexibility index (Phi) is 8.23. The van der Waals surface area contributed by atoms with Crippen LogP contribution in [-0.4, -0.2) is 44.0 Å². The molecule has 9 nitrogen and oxygen atoms in total. The van der Waals surface area contributed by atoms with Crippen LogP contribution in [0.5, 0.6) is 5.75 Å². The van der Waals surface area contributed by atoms with Crippen molar-refractivity contribution in [3.05, 3.63) is 46.7 Å². The number of nitrogens with zero attached hydrogens (tertiary/aromatic N) is 4. The van der Waals surface area contributed by atoms with Gasteiger partial charge in [0.1, 0.15) is 10.6 Å². The number of hydrogen-bond donors (Lipinski definition) is 1. The molecular weight excluding hydrogens is 450 g/mol. The number of amides is 1. The zero-order chi connectivity index (χ0) is 23.1. The monoisotopic (exact) mass is 475 g/mol. The van der Waals surface area contributed by atoms with Crippen LogP contribution in [0.1, 0.15) is 48.1 Å². The number of anilines is 1. The van der Waals surface area contributed by atoms with E-state index in [1.807, 2.05) is 48.7 Å². The molecule has 170 valence electrons. The summed E-state index contributed by atoms with van der Waals surface area (Å²) in [6.07, 6.45) is -0.299. The number of rotatable bonds is 10. The first-order valence-corrected chi connectivity index (χ1v) is 11.9. The number of nitrogens with one attached hydrogen (secondary N) is 1. The molecule has 0 saturated carbocycles. The minimum absolute atomic E-state index is 0.124. The second kappa shape index (κ2) is 11.1. The van der Waals surface area contributed by atoms with Crippen molar-refractivity contribution in [2.45, 2.75) is 45.5 Å². The lowest BCUT2D eigenvalue weighted by atomic mass is 10.3. The molecule has 1 amide bonds. The molecule has 11 heteroatoms. The van der Waals surface area contributed by atoms with Crippen molar-refractivity contribution in [2.75, 3.05) is 17.7 Å². The molecule has 0 spiro atoms. The van der Waals surface area contributed by atoms with Crippen LogP contribution >= 0.6 is 23.1 Å². The predicted octanol–water partition coefficient (Wildman–Crippen LogP) is 4.11. The first kappa shape index (κ1) is 23.7. The van der Waals surface area contributed by atoms with Gasteiger partial charge in [-0.25, -0.2) is 9.78 Å². The predicted molar refractivity (Wildman–Crippen MR) is 123 cm³/mol. The zero-order valence-electron chi connectivity index (χ0n) is 18.3. The summed E-state index contributed by atoms with van der Waals surface area (Å²) >= 11 is 2.37. The van der Waals surface area contributed by atoms with Crippen LogP contribution < -0.4 is 10.1 Å². The highest BCUT2D eigenvalue weighted by Gasteiger charge is 2.21. The van der Waals surface area contributed by atoms with Crippen molar-refractivity contribution in [1.82, 2.24) is 19.7 Å². The van der Waals surface area contributed by atoms with E-state index in [2.05, 4.69) is 20.5 Å². The summed E-state index contributed by atoms with van der Waals surface area (Å²) < 4.78 is 12.9. The number of para-hydroxylation sites is 1. The fourth-order valence-electron chi connectivity index (χ4n) is 2.88. The molecule has 32 heavy (non-hydrogen) atoms. The molecule has 2 aromatic heterocycles. The number of carbonyl (C=O) groups is 2. The Morgan fingerprint density at radius 2 is 1.97 bits per heavy atom. The maximum Gasteiger partial charge on any atom is 0.350 e. The molecule has 0 radical (unpaired) electrons. The molecule has 0 aliphatic heterocycles. The zero-order valence-corrected chi connectivity index (χ0v) is 20.0. The number of esters is 1. The van der Waals surface area contributed by atoms with Crippen LogP contribution in [0.15, 0.2) is 35.5 Å². The van der Waals surface area contributed by atoms with Crippen LogP contribution in [0.2, 0.25) is 0 Å². The fourth-order valence-corrected chi connectivity index (χ4v) is 4.57. The number of thioether (sulfide) groups is 1. The SMILES string of the molecule is CCOC(=O)c1sc(NC(=O)CSc2nnc(C(C)Oc3ccccc3)n2CC)nc1C. The Labute approximate surface area is 194 Å². The summed E-state index contributed by atoms with van der Waals surface area (Å²) in [6, 6.07) is 9.52. The molecule has 1 aromatic carbocycles. The van der Waals surface area contributed by atoms with Crippen LogP contribution in [-0.2, 0) is 16.1 Å². The van der Waals surface area contributed by atoms with Crippen molar-refractivity contribution in [2.24, 2.45) is 0 Å². The summed E-state index contributed by atoms with van der Waals surface area (Å²) in [5.41, 5.74) is 0.527. The summed E-state index contributed by atoms with van der Waals surface area (Å²) in [7, 11) is 0. The summed E-state index contributed by atoms with van der Waals surface area (Å²) in [5.74, 6) is 0.876. The van der Waals surface area contributed by atoms with E-state index >= 15 is 0 Å². The average molecular weight is 476 g/mol. The molecule has 2 heterocycles. The van der Waals surface area contributed by atoms with Crippen molar-refractivity contribution < 1.29 is 19.1 Å². The number of hydrogen-bond acceptors (Lipinski definition) is 9. The normalized spacial score (nSPS) is 11.8. The number of ether oxygens (including phenoxy) is 2. The van der Waals surface area contributed by atoms with Gasteiger partial charge in [-0.2, -0.15) is 0 Å². The number of aryl methyl sites for hydroxylation is 1. The first-order chi connectivity index (χ1) is 15.4. The van der Waals surface area contributed by atoms with Gasteiger partial charge in [-0.1, -0.05) is 41.3 Å². The lowest BCUT2D eigenvalue weighted by Gasteiger charge is -2.15. The van der Waals surface area contributed by atoms with Gasteiger partial charge in [0.25, 0.3) is 0 Å². The number of thiazole rings is 1. The van der Waals surface area contributed by atoms with Gasteiger partial charge in [-0.3, -0.25) is 4.79 Å². The fraction of sp³-hybridized carbons (Fsp3) is 0.381. The van der Waals surface area contributed by atoms with Crippen LogP contribution in [0, 0.1) is 6.92 Å². The van der Waals surface area contributed by atoms with E-state index in [0.717, 1.165) is 17.1 Å². The van der Waals surface area contributed by atoms with E-state index in [9.17, 15) is 9.59 Å². The van der Waals surface area contributed by atoms with Gasteiger partial charge < -0.3 is 19.4 Å². The Bertz CT molecular complexity index is 1070. The minimum atomic E-state index is -0.437. The number of carbonyl (C=O) groups excluding carboxylic acids is 2. The number of aromatic nitrogens is 4. The van der Waals surface area contributed by atoms with Crippen molar-refractivity contribution in [3.8, 4) is 5.75 Å². The smallest absolute Gasteiger partial charge is 0.350 e. The van der Waals surface area contributed by atoms with Crippen LogP contribution in [0.4, 0.5) is 5.13 Å². The third kappa shape index (κ3) is 5.86. The molecule has 0 aliphatic carbocycles. The third-order valence-corrected chi connectivity index (χ3v) is 6.34. The van der Waals surface area contributed by atoms with E-state index in [4.69, 9.17) is 9.47 Å². The topological polar surface area (TPSA) is 108 Å². The van der Waals surface area contributed by atoms with Crippen molar-refractivity contribution in [1.29, 1.82) is 0 Å². The lowest BCUT2D eigenvalue weighted by Crippen LogP contribution is -2.15. The van der Waals surface area contributed by atoms with Crippen LogP contribution in [0.25, 0.3) is 0 Å². The summed E-state index contributed by atoms with van der Waals surface area (Å²) in [6.45, 7) is 8.27. The highest BCUT2D eigenvalue weighted by atomic mass is 32.2. The Hall–Kier alpha value is -2.92. The van der Waals surface area contributed by atoms with E-state index in [0.29, 0.717) is 33.2 Å². The molecule has 0 aliphatic rings. The van der Waals surface area contributed by atoms with Crippen molar-refractivity contribution in [3.63, 3.8) is 0 Å². The summed E-state index contributed by atoms with van der Waals surface area (Å²) in [5, 5.41) is 12.2. The van der Waals surface area contributed by atoms with Gasteiger partial charge in [0.15, 0.2) is 22.2 Å². The Morgan fingerprint density at radius 3 is 2.66 bits per heavy atom. The standard InChI is InChI=1S/C21H25N5O4S2/c1-5-26-18(14(4)30-15-10-8-7-9-11-15)24-25-21(26)31-12-16(27)23-20-22-13(3)17(32-20)19(28)29-6-2/h7-11,14H,5-6,12H2,1-4H3,(H,22,23,27). The maximum absolute atomic E-state index is 12.4. The second-order valence-corrected chi connectivity index (χ2v) is 8.59. The molecule has 1 N–H and O–H groups in total. The number of benzene rings is 1. The Balaban J connectivity index is 1.60. The molecule has 3 aromatic rings. The van der Waals surface area contributed by atoms with Gasteiger partial charge in [-0.15, -0.1) is 10.2 Å². The molecule has 0 bridgehead atoms. The average Bonchev–Trinajstić information content (AvgIpc) is 3.35. The molecule has 0 fully saturated rings. The van der Waals surface area contributed by atoms with Crippen molar-refractivity contribution >= 4 is 40.1 Å². The highest BCUT2D eigenvalue weighted by molar-refractivity contribution is 7.99. The van der Waals surface area contributed by atoms with Gasteiger partial charge >= 0.3 is 5.97 Å². The van der Waals surface area contributed by atoms with E-state index < -0.39 is 5.97 Å². The van der Waals surface area contributed by atoms with E-state index in [1.165, 1.54) is 11.8 Å². The van der Waals surface area contributed by atoms with E-state index in [-0.39, 0.29) is 24.4 Å². The quantitative estimate of drug-likeness (QED) is 0.345. The van der Waals surface area contributed by atoms with Gasteiger partial charge in [0, 0.05) is 6.54 Å². The molecule has 1 atom stereocenters. The Morgan fingerprint density at radius 1 is 1.22 bits per heavy atom. The van der Waals surface area contributed by atoms with Gasteiger partial charge in [0.05, 0.1) is 18.1 Å². The second-order valence-electron chi connectivity index (χ2n) is 6.65. The largest absolute Gasteiger partial charge is 0.483 e. The lowest BCUT2D eigenvalue weighted by molar-refractivity contribution is -0.113. The minimum Gasteiger partial charge on any atom is -0.483 e. The van der Waals surface area contributed by atoms with Crippen LogP contribution in [0.3, 0.4) is 0 Å². The van der Waals surface area contributed by atoms with Gasteiger partial charge in [-0.05, 0) is 39.8 Å². The first-order valence-electron chi connectivity index (χ1n) is 10.1. The molecule has 1 unspecified atom stereocenters. The maximum atomic E-state index is 12.4. The van der Waals surface area contributed by atoms with Gasteiger partial charge in [0.2, 0.25) is 5.91 Å². The molecule has 0 saturated heterocycles. The highest BCUT2D eigenvalue weighted by Crippen LogP contribution is 2.26. The summed E-state index contributed by atoms with van der Waals surface area (Å²) in [4.78, 5) is 29.0. The third-order valence-electron chi connectivity index (χ3n) is 4.32. The molecular formula is C21H25N5O4S2. The van der Waals surface area contributed by atoms with E-state index in [1.54, 1.807) is 13.8 Å². The molecule has 3 rings (SSSR count).